The van der Waals surface area contributed by atoms with Crippen LogP contribution in [0.4, 0.5) is 0 Å². The molecule has 0 bridgehead atoms. The van der Waals surface area contributed by atoms with Crippen LogP contribution in [0.3, 0.4) is 0 Å². The minimum atomic E-state index is -1.12. The van der Waals surface area contributed by atoms with E-state index in [-0.39, 0.29) is 5.97 Å². The Morgan fingerprint density at radius 1 is 1.20 bits per heavy atom. The summed E-state index contributed by atoms with van der Waals surface area (Å²) in [5.74, 6) is -0.165. The van der Waals surface area contributed by atoms with Crippen LogP contribution in [0.25, 0.3) is 0 Å². The van der Waals surface area contributed by atoms with Gasteiger partial charge in [0, 0.05) is 6.92 Å². The molecular formula is C12H26O2Si. The van der Waals surface area contributed by atoms with Crippen LogP contribution >= 0.6 is 0 Å². The summed E-state index contributed by atoms with van der Waals surface area (Å²) in [5, 5.41) is 0.467. The third-order valence-electron chi connectivity index (χ3n) is 3.53. The molecule has 2 nitrogen and oxygen atoms in total. The number of rotatable bonds is 5. The molecule has 90 valence electrons. The minimum Gasteiger partial charge on any atom is -0.466 e. The Morgan fingerprint density at radius 3 is 2.13 bits per heavy atom. The van der Waals surface area contributed by atoms with Crippen LogP contribution in [0.5, 0.6) is 0 Å². The van der Waals surface area contributed by atoms with Gasteiger partial charge in [-0.3, -0.25) is 4.79 Å². The lowest BCUT2D eigenvalue weighted by molar-refractivity contribution is -0.141. The first-order valence-corrected chi connectivity index (χ1v) is 9.01. The molecule has 15 heavy (non-hydrogen) atoms. The number of esters is 1. The number of unbranched alkanes of at least 4 members (excludes halogenated alkanes) is 1. The highest BCUT2D eigenvalue weighted by atomic mass is 28.3. The maximum absolute atomic E-state index is 10.5. The summed E-state index contributed by atoms with van der Waals surface area (Å²) in [5.41, 5.74) is 0. The van der Waals surface area contributed by atoms with Crippen LogP contribution in [0.2, 0.25) is 24.2 Å². The van der Waals surface area contributed by atoms with Crippen molar-refractivity contribution >= 4 is 14.0 Å². The van der Waals surface area contributed by atoms with Gasteiger partial charge in [-0.2, -0.15) is 0 Å². The maximum Gasteiger partial charge on any atom is 0.302 e. The van der Waals surface area contributed by atoms with Gasteiger partial charge < -0.3 is 4.74 Å². The Morgan fingerprint density at radius 2 is 1.73 bits per heavy atom. The second-order valence-corrected chi connectivity index (χ2v) is 11.7. The zero-order valence-electron chi connectivity index (χ0n) is 11.1. The lowest BCUT2D eigenvalue weighted by Crippen LogP contribution is -2.36. The van der Waals surface area contributed by atoms with Gasteiger partial charge in [0.2, 0.25) is 0 Å². The molecule has 0 heterocycles. The summed E-state index contributed by atoms with van der Waals surface area (Å²) in [7, 11) is -1.12. The molecule has 0 aromatic rings. The van der Waals surface area contributed by atoms with Crippen molar-refractivity contribution in [3.05, 3.63) is 0 Å². The second-order valence-electron chi connectivity index (χ2n) is 5.93. The summed E-state index contributed by atoms with van der Waals surface area (Å²) in [6.07, 6.45) is 2.19. The highest BCUT2D eigenvalue weighted by Crippen LogP contribution is 2.39. The Balaban J connectivity index is 3.72. The monoisotopic (exact) mass is 230 g/mol. The van der Waals surface area contributed by atoms with E-state index in [9.17, 15) is 4.79 Å². The van der Waals surface area contributed by atoms with Crippen molar-refractivity contribution in [3.63, 3.8) is 0 Å². The Hall–Kier alpha value is -0.313. The lowest BCUT2D eigenvalue weighted by Gasteiger charge is -2.37. The van der Waals surface area contributed by atoms with Crippen molar-refractivity contribution in [1.29, 1.82) is 0 Å². The van der Waals surface area contributed by atoms with Crippen molar-refractivity contribution in [2.45, 2.75) is 64.7 Å². The van der Waals surface area contributed by atoms with E-state index in [0.29, 0.717) is 11.6 Å². The molecule has 0 aliphatic carbocycles. The Bertz CT molecular complexity index is 204. The van der Waals surface area contributed by atoms with Gasteiger partial charge in [-0.25, -0.2) is 0 Å². The number of hydrogen-bond donors (Lipinski definition) is 0. The van der Waals surface area contributed by atoms with E-state index in [2.05, 4.69) is 33.9 Å². The average molecular weight is 230 g/mol. The molecule has 0 fully saturated rings. The molecule has 3 heteroatoms. The van der Waals surface area contributed by atoms with Gasteiger partial charge in [0.15, 0.2) is 0 Å². The third-order valence-corrected chi connectivity index (χ3v) is 9.20. The zero-order valence-corrected chi connectivity index (χ0v) is 12.1. The molecule has 0 N–H and O–H groups in total. The minimum absolute atomic E-state index is 0.165. The fraction of sp³-hybridized carbons (Fsp3) is 0.917. The molecule has 0 amide bonds. The molecular weight excluding hydrogens is 204 g/mol. The molecule has 0 saturated heterocycles. The smallest absolute Gasteiger partial charge is 0.302 e. The number of ether oxygens (including phenoxy) is 1. The first-order chi connectivity index (χ1) is 6.67. The van der Waals surface area contributed by atoms with E-state index in [1.165, 1.54) is 19.4 Å². The molecule has 0 rings (SSSR count). The second kappa shape index (κ2) is 5.68. The van der Waals surface area contributed by atoms with Gasteiger partial charge in [-0.05, 0) is 11.5 Å². The van der Waals surface area contributed by atoms with Crippen LogP contribution in [0.1, 0.15) is 40.5 Å². The van der Waals surface area contributed by atoms with E-state index in [4.69, 9.17) is 4.74 Å². The van der Waals surface area contributed by atoms with Gasteiger partial charge in [-0.1, -0.05) is 46.3 Å². The first-order valence-electron chi connectivity index (χ1n) is 5.80. The summed E-state index contributed by atoms with van der Waals surface area (Å²) in [4.78, 5) is 10.5. The Kier molecular flexibility index (Phi) is 5.57. The van der Waals surface area contributed by atoms with Crippen LogP contribution in [0.15, 0.2) is 0 Å². The molecule has 0 unspecified atom stereocenters. The van der Waals surface area contributed by atoms with Gasteiger partial charge in [-0.15, -0.1) is 0 Å². The van der Waals surface area contributed by atoms with Crippen molar-refractivity contribution in [3.8, 4) is 0 Å². The molecule has 0 aromatic carbocycles. The largest absolute Gasteiger partial charge is 0.466 e. The summed E-state index contributed by atoms with van der Waals surface area (Å²) >= 11 is 0. The summed E-state index contributed by atoms with van der Waals surface area (Å²) < 4.78 is 4.92. The number of carbonyl (C=O) groups is 1. The van der Waals surface area contributed by atoms with E-state index in [1.54, 1.807) is 0 Å². The molecule has 0 spiro atoms. The van der Waals surface area contributed by atoms with Gasteiger partial charge in [0.25, 0.3) is 0 Å². The van der Waals surface area contributed by atoms with Crippen molar-refractivity contribution in [2.24, 2.45) is 0 Å². The normalized spacial score (nSPS) is 12.7. The molecule has 0 saturated carbocycles. The average Bonchev–Trinajstić information content (AvgIpc) is 2.00. The van der Waals surface area contributed by atoms with Crippen molar-refractivity contribution in [1.82, 2.24) is 0 Å². The standard InChI is InChI=1S/C12H26O2Si/c1-11(13)14-9-7-8-10-15(5,6)12(2,3)4/h7-10H2,1-6H3. The number of hydrogen-bond acceptors (Lipinski definition) is 2. The molecule has 0 atom stereocenters. The SMILES string of the molecule is CC(=O)OCCCC[Si](C)(C)C(C)(C)C. The fourth-order valence-corrected chi connectivity index (χ4v) is 3.14. The maximum atomic E-state index is 10.5. The quantitative estimate of drug-likeness (QED) is 0.407. The molecule has 0 aliphatic heterocycles. The topological polar surface area (TPSA) is 26.3 Å². The first kappa shape index (κ1) is 14.7. The van der Waals surface area contributed by atoms with E-state index in [1.807, 2.05) is 0 Å². The van der Waals surface area contributed by atoms with E-state index >= 15 is 0 Å². The van der Waals surface area contributed by atoms with Gasteiger partial charge in [0.05, 0.1) is 14.7 Å². The predicted octanol–water partition coefficient (Wildman–Crippen LogP) is 3.84. The third kappa shape index (κ3) is 5.98. The predicted molar refractivity (Wildman–Crippen MR) is 67.9 cm³/mol. The van der Waals surface area contributed by atoms with Crippen molar-refractivity contribution in [2.75, 3.05) is 6.61 Å². The summed E-state index contributed by atoms with van der Waals surface area (Å²) in [6.45, 7) is 14.0. The highest BCUT2D eigenvalue weighted by Gasteiger charge is 2.33. The number of carbonyl (C=O) groups excluding carboxylic acids is 1. The van der Waals surface area contributed by atoms with E-state index < -0.39 is 8.07 Å². The van der Waals surface area contributed by atoms with Crippen LogP contribution in [-0.2, 0) is 9.53 Å². The highest BCUT2D eigenvalue weighted by molar-refractivity contribution is 6.80. The zero-order chi connectivity index (χ0) is 12.1. The van der Waals surface area contributed by atoms with Crippen LogP contribution in [0, 0.1) is 0 Å². The van der Waals surface area contributed by atoms with Crippen molar-refractivity contribution < 1.29 is 9.53 Å². The lowest BCUT2D eigenvalue weighted by atomic mass is 10.2. The molecule has 0 radical (unpaired) electrons. The van der Waals surface area contributed by atoms with Crippen LogP contribution in [-0.4, -0.2) is 20.7 Å². The molecule has 0 aliphatic rings. The van der Waals surface area contributed by atoms with Gasteiger partial charge in [0.1, 0.15) is 0 Å². The van der Waals surface area contributed by atoms with Gasteiger partial charge >= 0.3 is 5.97 Å². The molecule has 0 aromatic heterocycles. The van der Waals surface area contributed by atoms with E-state index in [0.717, 1.165) is 6.42 Å². The summed E-state index contributed by atoms with van der Waals surface area (Å²) in [6, 6.07) is 1.32. The fourth-order valence-electron chi connectivity index (χ4n) is 1.26. The Labute approximate surface area is 95.4 Å². The van der Waals surface area contributed by atoms with Crippen LogP contribution < -0.4 is 0 Å².